The molecule has 1 saturated heterocycles. The summed E-state index contributed by atoms with van der Waals surface area (Å²) in [5.74, 6) is 0.768. The van der Waals surface area contributed by atoms with Crippen LogP contribution in [0.3, 0.4) is 0 Å². The van der Waals surface area contributed by atoms with Gasteiger partial charge in [-0.3, -0.25) is 4.79 Å². The third kappa shape index (κ3) is 4.03. The Morgan fingerprint density at radius 2 is 2.24 bits per heavy atom. The highest BCUT2D eigenvalue weighted by Gasteiger charge is 2.31. The Kier molecular flexibility index (Phi) is 4.66. The van der Waals surface area contributed by atoms with Crippen molar-refractivity contribution in [2.75, 3.05) is 13.1 Å². The standard InChI is InChI=1S/C15H26N4O2/c1-11(2)19-10-16-17-13(19)7-14(21)18-6-5-12(20)8-15(3,4)9-18/h10-12,20H,5-9H2,1-4H3. The first-order valence-corrected chi connectivity index (χ1v) is 7.63. The average Bonchev–Trinajstić information content (AvgIpc) is 2.76. The van der Waals surface area contributed by atoms with Crippen LogP contribution in [0.15, 0.2) is 6.33 Å². The molecule has 0 saturated carbocycles. The Morgan fingerprint density at radius 3 is 2.90 bits per heavy atom. The summed E-state index contributed by atoms with van der Waals surface area (Å²) in [5.41, 5.74) is -0.0582. The van der Waals surface area contributed by atoms with Gasteiger partial charge in [-0.05, 0) is 32.1 Å². The van der Waals surface area contributed by atoms with Crippen molar-refractivity contribution < 1.29 is 9.90 Å². The third-order valence-electron chi connectivity index (χ3n) is 4.00. The van der Waals surface area contributed by atoms with Crippen molar-refractivity contribution in [2.45, 2.75) is 59.1 Å². The van der Waals surface area contributed by atoms with Crippen molar-refractivity contribution in [1.29, 1.82) is 0 Å². The minimum atomic E-state index is -0.322. The van der Waals surface area contributed by atoms with E-state index in [-0.39, 0.29) is 29.9 Å². The van der Waals surface area contributed by atoms with Gasteiger partial charge < -0.3 is 14.6 Å². The van der Waals surface area contributed by atoms with E-state index >= 15 is 0 Å². The highest BCUT2D eigenvalue weighted by atomic mass is 16.3. The lowest BCUT2D eigenvalue weighted by atomic mass is 9.87. The molecule has 118 valence electrons. The minimum absolute atomic E-state index is 0.0582. The van der Waals surface area contributed by atoms with Gasteiger partial charge in [0.15, 0.2) is 0 Å². The topological polar surface area (TPSA) is 71.2 Å². The van der Waals surface area contributed by atoms with E-state index in [1.807, 2.05) is 23.3 Å². The lowest BCUT2D eigenvalue weighted by Crippen LogP contribution is -2.39. The zero-order valence-electron chi connectivity index (χ0n) is 13.4. The highest BCUT2D eigenvalue weighted by Crippen LogP contribution is 2.28. The molecule has 21 heavy (non-hydrogen) atoms. The maximum absolute atomic E-state index is 12.6. The number of nitrogens with zero attached hydrogens (tertiary/aromatic N) is 4. The van der Waals surface area contributed by atoms with Gasteiger partial charge in [-0.25, -0.2) is 0 Å². The number of carbonyl (C=O) groups is 1. The monoisotopic (exact) mass is 294 g/mol. The van der Waals surface area contributed by atoms with E-state index in [0.29, 0.717) is 25.3 Å². The zero-order chi connectivity index (χ0) is 15.6. The van der Waals surface area contributed by atoms with Crippen LogP contribution in [0.2, 0.25) is 0 Å². The van der Waals surface area contributed by atoms with E-state index in [1.54, 1.807) is 6.33 Å². The molecule has 1 aromatic rings. The fourth-order valence-electron chi connectivity index (χ4n) is 2.99. The molecule has 6 nitrogen and oxygen atoms in total. The van der Waals surface area contributed by atoms with Crippen molar-refractivity contribution in [1.82, 2.24) is 19.7 Å². The Hall–Kier alpha value is -1.43. The second-order valence-electron chi connectivity index (χ2n) is 7.05. The van der Waals surface area contributed by atoms with Gasteiger partial charge in [-0.2, -0.15) is 0 Å². The summed E-state index contributed by atoms with van der Waals surface area (Å²) in [6, 6.07) is 0.241. The predicted molar refractivity (Wildman–Crippen MR) is 79.7 cm³/mol. The van der Waals surface area contributed by atoms with Gasteiger partial charge in [0, 0.05) is 19.1 Å². The van der Waals surface area contributed by atoms with Gasteiger partial charge in [-0.15, -0.1) is 10.2 Å². The second kappa shape index (κ2) is 6.13. The number of rotatable bonds is 3. The van der Waals surface area contributed by atoms with E-state index in [9.17, 15) is 9.90 Å². The molecular formula is C15H26N4O2. The maximum atomic E-state index is 12.6. The Bertz CT molecular complexity index is 496. The molecule has 1 unspecified atom stereocenters. The molecule has 6 heteroatoms. The number of carbonyl (C=O) groups excluding carboxylic acids is 1. The first kappa shape index (κ1) is 15.9. The van der Waals surface area contributed by atoms with Gasteiger partial charge in [0.1, 0.15) is 12.2 Å². The van der Waals surface area contributed by atoms with Crippen LogP contribution < -0.4 is 0 Å². The SMILES string of the molecule is CC(C)n1cnnc1CC(=O)N1CCC(O)CC(C)(C)C1. The summed E-state index contributed by atoms with van der Waals surface area (Å²) in [6.07, 6.45) is 3.00. The summed E-state index contributed by atoms with van der Waals surface area (Å²) < 4.78 is 1.93. The Morgan fingerprint density at radius 1 is 1.52 bits per heavy atom. The lowest BCUT2D eigenvalue weighted by Gasteiger charge is -2.29. The number of amides is 1. The lowest BCUT2D eigenvalue weighted by molar-refractivity contribution is -0.131. The summed E-state index contributed by atoms with van der Waals surface area (Å²) in [6.45, 7) is 9.57. The summed E-state index contributed by atoms with van der Waals surface area (Å²) in [4.78, 5) is 14.4. The van der Waals surface area contributed by atoms with Crippen LogP contribution in [0.4, 0.5) is 0 Å². The van der Waals surface area contributed by atoms with Gasteiger partial charge in [0.05, 0.1) is 12.5 Å². The molecule has 1 atom stereocenters. The van der Waals surface area contributed by atoms with Crippen LogP contribution in [0, 0.1) is 5.41 Å². The molecule has 1 N–H and O–H groups in total. The van der Waals surface area contributed by atoms with E-state index in [1.165, 1.54) is 0 Å². The minimum Gasteiger partial charge on any atom is -0.393 e. The van der Waals surface area contributed by atoms with Crippen LogP contribution in [-0.4, -0.2) is 49.9 Å². The Labute approximate surface area is 126 Å². The molecular weight excluding hydrogens is 268 g/mol. The first-order valence-electron chi connectivity index (χ1n) is 7.63. The Balaban J connectivity index is 2.07. The molecule has 0 radical (unpaired) electrons. The van der Waals surface area contributed by atoms with E-state index in [4.69, 9.17) is 0 Å². The molecule has 2 heterocycles. The molecule has 0 aliphatic carbocycles. The average molecular weight is 294 g/mol. The highest BCUT2D eigenvalue weighted by molar-refractivity contribution is 5.78. The number of aliphatic hydroxyl groups excluding tert-OH is 1. The fraction of sp³-hybridized carbons (Fsp3) is 0.800. The van der Waals surface area contributed by atoms with Crippen LogP contribution in [0.5, 0.6) is 0 Å². The normalized spacial score (nSPS) is 22.4. The third-order valence-corrected chi connectivity index (χ3v) is 4.00. The van der Waals surface area contributed by atoms with Crippen molar-refractivity contribution in [3.8, 4) is 0 Å². The molecule has 1 aromatic heterocycles. The molecule has 0 bridgehead atoms. The smallest absolute Gasteiger partial charge is 0.230 e. The molecule has 2 rings (SSSR count). The summed E-state index contributed by atoms with van der Waals surface area (Å²) >= 11 is 0. The number of hydrogen-bond donors (Lipinski definition) is 1. The number of aromatic nitrogens is 3. The predicted octanol–water partition coefficient (Wildman–Crippen LogP) is 1.41. The van der Waals surface area contributed by atoms with Gasteiger partial charge in [0.25, 0.3) is 0 Å². The largest absolute Gasteiger partial charge is 0.393 e. The molecule has 0 spiro atoms. The quantitative estimate of drug-likeness (QED) is 0.915. The second-order valence-corrected chi connectivity index (χ2v) is 7.05. The first-order chi connectivity index (χ1) is 9.78. The fourth-order valence-corrected chi connectivity index (χ4v) is 2.99. The summed E-state index contributed by atoms with van der Waals surface area (Å²) in [7, 11) is 0. The van der Waals surface area contributed by atoms with Crippen molar-refractivity contribution in [3.05, 3.63) is 12.2 Å². The molecule has 1 amide bonds. The van der Waals surface area contributed by atoms with E-state index < -0.39 is 0 Å². The van der Waals surface area contributed by atoms with Crippen molar-refractivity contribution >= 4 is 5.91 Å². The van der Waals surface area contributed by atoms with Gasteiger partial charge in [-0.1, -0.05) is 13.8 Å². The number of likely N-dealkylation sites (tertiary alicyclic amines) is 1. The van der Waals surface area contributed by atoms with Crippen LogP contribution >= 0.6 is 0 Å². The van der Waals surface area contributed by atoms with Gasteiger partial charge in [0.2, 0.25) is 5.91 Å². The number of aliphatic hydroxyl groups is 1. The number of hydrogen-bond acceptors (Lipinski definition) is 4. The van der Waals surface area contributed by atoms with Crippen LogP contribution in [0.1, 0.15) is 52.4 Å². The van der Waals surface area contributed by atoms with Crippen LogP contribution in [-0.2, 0) is 11.2 Å². The van der Waals surface area contributed by atoms with Crippen molar-refractivity contribution in [2.24, 2.45) is 5.41 Å². The zero-order valence-corrected chi connectivity index (χ0v) is 13.4. The van der Waals surface area contributed by atoms with Crippen LogP contribution in [0.25, 0.3) is 0 Å². The van der Waals surface area contributed by atoms with Gasteiger partial charge >= 0.3 is 0 Å². The summed E-state index contributed by atoms with van der Waals surface area (Å²) in [5, 5.41) is 17.9. The maximum Gasteiger partial charge on any atom is 0.230 e. The van der Waals surface area contributed by atoms with E-state index in [2.05, 4.69) is 24.0 Å². The molecule has 0 aromatic carbocycles. The van der Waals surface area contributed by atoms with E-state index in [0.717, 1.165) is 6.42 Å². The molecule has 1 fully saturated rings. The molecule has 1 aliphatic heterocycles. The van der Waals surface area contributed by atoms with Crippen molar-refractivity contribution in [3.63, 3.8) is 0 Å². The molecule has 1 aliphatic rings.